The Bertz CT molecular complexity index is 1950. The molecule has 0 spiro atoms. The molecule has 57 heavy (non-hydrogen) atoms. The van der Waals surface area contributed by atoms with Crippen LogP contribution >= 0.6 is 0 Å². The number of aliphatic hydroxyl groups is 4. The number of fused-ring (bicyclic) bond motifs is 5. The molecule has 0 amide bonds. The van der Waals surface area contributed by atoms with E-state index in [-0.39, 0.29) is 41.8 Å². The van der Waals surface area contributed by atoms with Crippen LogP contribution in [-0.4, -0.2) is 91.6 Å². The van der Waals surface area contributed by atoms with Gasteiger partial charge in [0.05, 0.1) is 23.0 Å². The van der Waals surface area contributed by atoms with Crippen molar-refractivity contribution in [3.8, 4) is 0 Å². The van der Waals surface area contributed by atoms with E-state index in [0.717, 1.165) is 0 Å². The minimum Gasteiger partial charge on any atom is -0.458 e. The molecule has 2 aromatic rings. The van der Waals surface area contributed by atoms with Crippen LogP contribution in [0.3, 0.4) is 0 Å². The van der Waals surface area contributed by atoms with Crippen LogP contribution in [0.5, 0.6) is 0 Å². The summed E-state index contributed by atoms with van der Waals surface area (Å²) in [6.07, 6.45) is -8.08. The number of carbonyl (C=O) groups is 5. The van der Waals surface area contributed by atoms with E-state index in [9.17, 15) is 44.4 Å². The van der Waals surface area contributed by atoms with Crippen molar-refractivity contribution in [2.24, 2.45) is 28.1 Å². The van der Waals surface area contributed by atoms with Crippen molar-refractivity contribution in [1.82, 2.24) is 0 Å². The summed E-state index contributed by atoms with van der Waals surface area (Å²) in [5.41, 5.74) is -7.12. The number of benzene rings is 2. The normalized spacial score (nSPS) is 34.2. The number of ether oxygens (including phenoxy) is 3. The average Bonchev–Trinajstić information content (AvgIpc) is 3.15. The molecule has 0 aliphatic heterocycles. The maximum absolute atomic E-state index is 15.0. The lowest BCUT2D eigenvalue weighted by Crippen LogP contribution is -2.78. The van der Waals surface area contributed by atoms with E-state index in [2.05, 4.69) is 0 Å². The van der Waals surface area contributed by atoms with E-state index in [1.807, 2.05) is 0 Å². The predicted molar refractivity (Wildman–Crippen MR) is 206 cm³/mol. The highest BCUT2D eigenvalue weighted by molar-refractivity contribution is 5.94. The number of hydrogen-bond acceptors (Lipinski definition) is 12. The maximum Gasteiger partial charge on any atom is 0.338 e. The zero-order chi connectivity index (χ0) is 42.0. The van der Waals surface area contributed by atoms with Crippen LogP contribution in [0.4, 0.5) is 0 Å². The van der Waals surface area contributed by atoms with Gasteiger partial charge >= 0.3 is 17.9 Å². The number of rotatable bonds is 9. The Morgan fingerprint density at radius 1 is 0.930 bits per heavy atom. The summed E-state index contributed by atoms with van der Waals surface area (Å²) < 4.78 is 18.6. The van der Waals surface area contributed by atoms with Gasteiger partial charge in [0, 0.05) is 42.4 Å². The summed E-state index contributed by atoms with van der Waals surface area (Å²) in [6.45, 7) is 12.7. The number of esters is 3. The number of aliphatic hydroxyl groups excluding tert-OH is 3. The highest BCUT2D eigenvalue weighted by Gasteiger charge is 2.77. The Morgan fingerprint density at radius 2 is 1.53 bits per heavy atom. The molecule has 0 radical (unpaired) electrons. The molecular weight excluding hydrogens is 732 g/mol. The third-order valence-electron chi connectivity index (χ3n) is 13.9. The Morgan fingerprint density at radius 3 is 2.07 bits per heavy atom. The van der Waals surface area contributed by atoms with Crippen LogP contribution in [0.1, 0.15) is 109 Å². The van der Waals surface area contributed by atoms with E-state index in [1.54, 1.807) is 90.1 Å². The standard InChI is InChI=1S/C45H56O12/c1-24-30(55-40(53)34(49)29(22-31(47)41(3,4)5)26-15-11-9-12-16-26)23-45(54)38(56-39(52)27-17-13-10-14-18-27)36-43(8,37(51)35(50)33(24)42(45,6)7)32(48)21-28-19-20-44(28,36)57-25(2)46/h9-18,28-30,32,34-36,38,48-50,54H,19-23H2,1-8H3/t28-,29+,30+,32?,34-,35-,36?,38?,43-,44+,45-/m1/s1. The van der Waals surface area contributed by atoms with Crippen LogP contribution in [-0.2, 0) is 33.4 Å². The van der Waals surface area contributed by atoms with Gasteiger partial charge in [0.1, 0.15) is 35.3 Å². The van der Waals surface area contributed by atoms with Crippen molar-refractivity contribution in [3.63, 3.8) is 0 Å². The fourth-order valence-electron chi connectivity index (χ4n) is 10.3. The molecule has 4 aliphatic rings. The zero-order valence-corrected chi connectivity index (χ0v) is 34.0. The van der Waals surface area contributed by atoms with E-state index >= 15 is 0 Å². The van der Waals surface area contributed by atoms with Gasteiger partial charge in [-0.1, -0.05) is 83.1 Å². The van der Waals surface area contributed by atoms with E-state index in [0.29, 0.717) is 12.0 Å². The molecule has 4 N–H and O–H groups in total. The Labute approximate surface area is 333 Å². The molecule has 2 bridgehead atoms. The van der Waals surface area contributed by atoms with Crippen molar-refractivity contribution in [1.29, 1.82) is 0 Å². The molecular formula is C45H56O12. The second kappa shape index (κ2) is 14.9. The van der Waals surface area contributed by atoms with Gasteiger partial charge in [-0.3, -0.25) is 14.4 Å². The molecule has 3 fully saturated rings. The molecule has 0 saturated heterocycles. The number of hydrogen-bond donors (Lipinski definition) is 4. The fourth-order valence-corrected chi connectivity index (χ4v) is 10.3. The summed E-state index contributed by atoms with van der Waals surface area (Å²) in [5, 5.41) is 49.3. The summed E-state index contributed by atoms with van der Waals surface area (Å²) in [5.74, 6) is -6.52. The van der Waals surface area contributed by atoms with Gasteiger partial charge in [-0.2, -0.15) is 0 Å². The van der Waals surface area contributed by atoms with E-state index < -0.39 is 106 Å². The maximum atomic E-state index is 15.0. The second-order valence-corrected chi connectivity index (χ2v) is 18.4. The first-order chi connectivity index (χ1) is 26.5. The summed E-state index contributed by atoms with van der Waals surface area (Å²) >= 11 is 0. The van der Waals surface area contributed by atoms with Crippen molar-refractivity contribution in [3.05, 3.63) is 82.9 Å². The Kier molecular flexibility index (Phi) is 11.0. The monoisotopic (exact) mass is 788 g/mol. The molecule has 2 aromatic carbocycles. The largest absolute Gasteiger partial charge is 0.458 e. The third kappa shape index (κ3) is 6.86. The average molecular weight is 789 g/mol. The van der Waals surface area contributed by atoms with E-state index in [4.69, 9.17) is 14.2 Å². The van der Waals surface area contributed by atoms with Crippen molar-refractivity contribution in [2.45, 2.75) is 135 Å². The molecule has 0 heterocycles. The quantitative estimate of drug-likeness (QED) is 0.154. The molecule has 308 valence electrons. The van der Waals surface area contributed by atoms with Crippen LogP contribution < -0.4 is 0 Å². The predicted octanol–water partition coefficient (Wildman–Crippen LogP) is 4.79. The van der Waals surface area contributed by atoms with Gasteiger partial charge in [0.25, 0.3) is 0 Å². The summed E-state index contributed by atoms with van der Waals surface area (Å²) in [7, 11) is 0. The molecule has 6 rings (SSSR count). The first kappa shape index (κ1) is 42.4. The second-order valence-electron chi connectivity index (χ2n) is 18.4. The van der Waals surface area contributed by atoms with E-state index in [1.165, 1.54) is 26.0 Å². The molecule has 0 aromatic heterocycles. The SMILES string of the molecule is CC(=O)O[C@@]12CC[C@@H]1CC(O)[C@@]1(C)C(=O)[C@H](O)C3=C(C)[C@@H](OC(=O)[C@H](O)[C@@H](CC(=O)C(C)(C)C)c4ccccc4)C[C@@](O)(C(OC(=O)c4ccccc4)C12)C3(C)C. The van der Waals surface area contributed by atoms with Crippen LogP contribution in [0, 0.1) is 28.1 Å². The molecule has 3 unspecified atom stereocenters. The van der Waals surface area contributed by atoms with Gasteiger partial charge in [-0.15, -0.1) is 0 Å². The molecule has 12 heteroatoms. The molecule has 4 aliphatic carbocycles. The zero-order valence-electron chi connectivity index (χ0n) is 34.0. The minimum atomic E-state index is -2.26. The number of ketones is 2. The van der Waals surface area contributed by atoms with Crippen molar-refractivity contribution >= 4 is 29.5 Å². The minimum absolute atomic E-state index is 0.000892. The van der Waals surface area contributed by atoms with Crippen LogP contribution in [0.15, 0.2) is 71.8 Å². The first-order valence-corrected chi connectivity index (χ1v) is 19.8. The van der Waals surface area contributed by atoms with Gasteiger partial charge in [-0.25, -0.2) is 9.59 Å². The molecule has 11 atom stereocenters. The van der Waals surface area contributed by atoms with Crippen LogP contribution in [0.25, 0.3) is 0 Å². The smallest absolute Gasteiger partial charge is 0.338 e. The van der Waals surface area contributed by atoms with Gasteiger partial charge in [0.2, 0.25) is 0 Å². The topological polar surface area (TPSA) is 194 Å². The van der Waals surface area contributed by atoms with Gasteiger partial charge in [-0.05, 0) is 62.0 Å². The third-order valence-corrected chi connectivity index (χ3v) is 13.9. The Hall–Kier alpha value is -4.23. The Balaban J connectivity index is 1.50. The summed E-state index contributed by atoms with van der Waals surface area (Å²) in [6, 6.07) is 16.6. The highest BCUT2D eigenvalue weighted by atomic mass is 16.6. The molecule has 12 nitrogen and oxygen atoms in total. The lowest BCUT2D eigenvalue weighted by Gasteiger charge is -2.68. The number of carbonyl (C=O) groups excluding carboxylic acids is 5. The lowest BCUT2D eigenvalue weighted by molar-refractivity contribution is -0.296. The number of Topliss-reactive ketones (excluding diaryl/α,β-unsaturated/α-hetero) is 2. The highest BCUT2D eigenvalue weighted by Crippen LogP contribution is 2.67. The van der Waals surface area contributed by atoms with Crippen molar-refractivity contribution in [2.75, 3.05) is 0 Å². The first-order valence-electron chi connectivity index (χ1n) is 19.8. The van der Waals surface area contributed by atoms with Gasteiger partial charge < -0.3 is 34.6 Å². The van der Waals surface area contributed by atoms with Crippen molar-refractivity contribution < 1.29 is 58.6 Å². The van der Waals surface area contributed by atoms with Crippen LogP contribution in [0.2, 0.25) is 0 Å². The lowest BCUT2D eigenvalue weighted by atomic mass is 9.41. The summed E-state index contributed by atoms with van der Waals surface area (Å²) in [4.78, 5) is 69.4. The van der Waals surface area contributed by atoms with Gasteiger partial charge in [0.15, 0.2) is 11.9 Å². The molecule has 3 saturated carbocycles. The fraction of sp³-hybridized carbons (Fsp3) is 0.578.